The van der Waals surface area contributed by atoms with Gasteiger partial charge in [0, 0.05) is 31.6 Å². The van der Waals surface area contributed by atoms with Crippen LogP contribution in [0, 0.1) is 0 Å². The van der Waals surface area contributed by atoms with Crippen LogP contribution in [0.4, 0.5) is 5.95 Å². The van der Waals surface area contributed by atoms with Gasteiger partial charge in [0.05, 0.1) is 5.69 Å². The molecule has 5 heteroatoms. The largest absolute Gasteiger partial charge is 0.368 e. The standard InChI is InChI=1S/C20H20N4O/c21-20-22-11-10-18(23-20)16-12-24(13-16)19(25)9-8-15-6-3-5-14-4-1-2-7-17(14)15/h1-7,10-11,16H,8-9,12-13H2,(H2,21,22,23). The average Bonchev–Trinajstić information content (AvgIpc) is 2.59. The molecule has 1 aliphatic rings. The number of nitrogens with two attached hydrogens (primary N) is 1. The summed E-state index contributed by atoms with van der Waals surface area (Å²) in [5.41, 5.74) is 7.78. The maximum absolute atomic E-state index is 12.4. The van der Waals surface area contributed by atoms with Gasteiger partial charge in [-0.25, -0.2) is 9.97 Å². The molecule has 1 aliphatic heterocycles. The van der Waals surface area contributed by atoms with E-state index in [0.29, 0.717) is 25.5 Å². The molecule has 4 rings (SSSR count). The van der Waals surface area contributed by atoms with Crippen LogP contribution in [0.3, 0.4) is 0 Å². The molecular weight excluding hydrogens is 312 g/mol. The van der Waals surface area contributed by atoms with E-state index in [0.717, 1.165) is 12.1 Å². The number of aromatic nitrogens is 2. The molecule has 2 aromatic carbocycles. The Morgan fingerprint density at radius 2 is 1.92 bits per heavy atom. The highest BCUT2D eigenvalue weighted by Crippen LogP contribution is 2.27. The van der Waals surface area contributed by atoms with Crippen molar-refractivity contribution in [2.75, 3.05) is 18.8 Å². The lowest BCUT2D eigenvalue weighted by Crippen LogP contribution is -2.48. The normalized spacial score (nSPS) is 14.5. The van der Waals surface area contributed by atoms with Gasteiger partial charge in [-0.1, -0.05) is 42.5 Å². The van der Waals surface area contributed by atoms with E-state index in [9.17, 15) is 4.79 Å². The van der Waals surface area contributed by atoms with Crippen molar-refractivity contribution in [2.24, 2.45) is 0 Å². The number of anilines is 1. The third kappa shape index (κ3) is 3.18. The Balaban J connectivity index is 1.36. The van der Waals surface area contributed by atoms with Crippen molar-refractivity contribution in [3.63, 3.8) is 0 Å². The summed E-state index contributed by atoms with van der Waals surface area (Å²) in [6.07, 6.45) is 2.97. The van der Waals surface area contributed by atoms with Crippen molar-refractivity contribution in [3.05, 3.63) is 66.0 Å². The maximum atomic E-state index is 12.4. The fourth-order valence-corrected chi connectivity index (χ4v) is 3.40. The lowest BCUT2D eigenvalue weighted by atomic mass is 9.94. The monoisotopic (exact) mass is 332 g/mol. The number of carbonyl (C=O) groups excluding carboxylic acids is 1. The fourth-order valence-electron chi connectivity index (χ4n) is 3.40. The van der Waals surface area contributed by atoms with Crippen LogP contribution in [-0.4, -0.2) is 33.9 Å². The summed E-state index contributed by atoms with van der Waals surface area (Å²) in [5, 5.41) is 2.45. The summed E-state index contributed by atoms with van der Waals surface area (Å²) < 4.78 is 0. The minimum Gasteiger partial charge on any atom is -0.368 e. The first kappa shape index (κ1) is 15.6. The van der Waals surface area contributed by atoms with Crippen LogP contribution in [0.25, 0.3) is 10.8 Å². The molecule has 1 fully saturated rings. The van der Waals surface area contributed by atoms with Crippen molar-refractivity contribution in [1.29, 1.82) is 0 Å². The number of amides is 1. The van der Waals surface area contributed by atoms with E-state index in [1.165, 1.54) is 16.3 Å². The van der Waals surface area contributed by atoms with Gasteiger partial charge in [0.25, 0.3) is 0 Å². The maximum Gasteiger partial charge on any atom is 0.222 e. The molecule has 1 amide bonds. The predicted molar refractivity (Wildman–Crippen MR) is 98.0 cm³/mol. The molecular formula is C20H20N4O. The van der Waals surface area contributed by atoms with Crippen LogP contribution in [0.2, 0.25) is 0 Å². The summed E-state index contributed by atoms with van der Waals surface area (Å²) in [4.78, 5) is 22.5. The van der Waals surface area contributed by atoms with Gasteiger partial charge in [0.15, 0.2) is 0 Å². The zero-order valence-corrected chi connectivity index (χ0v) is 13.9. The Hall–Kier alpha value is -2.95. The Bertz CT molecular complexity index is 913. The minimum absolute atomic E-state index is 0.200. The molecule has 0 spiro atoms. The lowest BCUT2D eigenvalue weighted by Gasteiger charge is -2.39. The smallest absolute Gasteiger partial charge is 0.222 e. The molecule has 3 aromatic rings. The van der Waals surface area contributed by atoms with E-state index in [4.69, 9.17) is 5.73 Å². The number of hydrogen-bond acceptors (Lipinski definition) is 4. The van der Waals surface area contributed by atoms with Crippen LogP contribution in [0.5, 0.6) is 0 Å². The van der Waals surface area contributed by atoms with Gasteiger partial charge in [-0.15, -0.1) is 0 Å². The quantitative estimate of drug-likeness (QED) is 0.797. The van der Waals surface area contributed by atoms with Crippen LogP contribution >= 0.6 is 0 Å². The van der Waals surface area contributed by atoms with Crippen molar-refractivity contribution in [1.82, 2.24) is 14.9 Å². The molecule has 0 aliphatic carbocycles. The topological polar surface area (TPSA) is 72.1 Å². The van der Waals surface area contributed by atoms with Crippen molar-refractivity contribution < 1.29 is 4.79 Å². The number of aryl methyl sites for hydroxylation is 1. The van der Waals surface area contributed by atoms with E-state index in [1.807, 2.05) is 23.1 Å². The molecule has 2 N–H and O–H groups in total. The van der Waals surface area contributed by atoms with Gasteiger partial charge in [-0.2, -0.15) is 0 Å². The summed E-state index contributed by atoms with van der Waals surface area (Å²) in [7, 11) is 0. The summed E-state index contributed by atoms with van der Waals surface area (Å²) >= 11 is 0. The second-order valence-corrected chi connectivity index (χ2v) is 6.47. The molecule has 0 unspecified atom stereocenters. The van der Waals surface area contributed by atoms with E-state index in [-0.39, 0.29) is 11.8 Å². The van der Waals surface area contributed by atoms with Crippen LogP contribution in [0.15, 0.2) is 54.7 Å². The number of likely N-dealkylation sites (tertiary alicyclic amines) is 1. The molecule has 126 valence electrons. The Morgan fingerprint density at radius 1 is 1.12 bits per heavy atom. The second kappa shape index (κ2) is 6.51. The zero-order chi connectivity index (χ0) is 17.2. The number of hydrogen-bond donors (Lipinski definition) is 1. The molecule has 0 bridgehead atoms. The molecule has 2 heterocycles. The minimum atomic E-state index is 0.200. The van der Waals surface area contributed by atoms with Crippen LogP contribution in [0.1, 0.15) is 23.6 Å². The Morgan fingerprint density at radius 3 is 2.76 bits per heavy atom. The summed E-state index contributed by atoms with van der Waals surface area (Å²) in [6, 6.07) is 16.5. The predicted octanol–water partition coefficient (Wildman–Crippen LogP) is 2.77. The van der Waals surface area contributed by atoms with Gasteiger partial charge in [0.1, 0.15) is 0 Å². The fraction of sp³-hybridized carbons (Fsp3) is 0.250. The number of rotatable bonds is 4. The molecule has 0 atom stereocenters. The second-order valence-electron chi connectivity index (χ2n) is 6.47. The number of benzene rings is 2. The van der Waals surface area contributed by atoms with Crippen molar-refractivity contribution in [2.45, 2.75) is 18.8 Å². The Labute approximate surface area is 146 Å². The highest BCUT2D eigenvalue weighted by molar-refractivity contribution is 5.86. The van der Waals surface area contributed by atoms with Crippen LogP contribution < -0.4 is 5.73 Å². The first-order valence-electron chi connectivity index (χ1n) is 8.53. The third-order valence-corrected chi connectivity index (χ3v) is 4.84. The molecule has 5 nitrogen and oxygen atoms in total. The highest BCUT2D eigenvalue weighted by Gasteiger charge is 2.32. The molecule has 1 saturated heterocycles. The van der Waals surface area contributed by atoms with Gasteiger partial charge < -0.3 is 10.6 Å². The van der Waals surface area contributed by atoms with E-state index < -0.39 is 0 Å². The number of carbonyl (C=O) groups is 1. The first-order valence-corrected chi connectivity index (χ1v) is 8.53. The van der Waals surface area contributed by atoms with Gasteiger partial charge in [0.2, 0.25) is 11.9 Å². The lowest BCUT2D eigenvalue weighted by molar-refractivity contribution is -0.135. The number of nitrogen functional groups attached to an aromatic ring is 1. The third-order valence-electron chi connectivity index (χ3n) is 4.84. The zero-order valence-electron chi connectivity index (χ0n) is 13.9. The first-order chi connectivity index (χ1) is 12.2. The summed E-state index contributed by atoms with van der Waals surface area (Å²) in [5.74, 6) is 0.760. The highest BCUT2D eigenvalue weighted by atomic mass is 16.2. The number of nitrogens with zero attached hydrogens (tertiary/aromatic N) is 3. The van der Waals surface area contributed by atoms with E-state index >= 15 is 0 Å². The summed E-state index contributed by atoms with van der Waals surface area (Å²) in [6.45, 7) is 1.43. The average molecular weight is 332 g/mol. The van der Waals surface area contributed by atoms with E-state index in [1.54, 1.807) is 6.20 Å². The van der Waals surface area contributed by atoms with Crippen molar-refractivity contribution in [3.8, 4) is 0 Å². The number of fused-ring (bicyclic) bond motifs is 1. The molecule has 0 saturated carbocycles. The van der Waals surface area contributed by atoms with Gasteiger partial charge >= 0.3 is 0 Å². The van der Waals surface area contributed by atoms with E-state index in [2.05, 4.69) is 40.3 Å². The van der Waals surface area contributed by atoms with Gasteiger partial charge in [-0.3, -0.25) is 4.79 Å². The molecule has 1 aromatic heterocycles. The molecule has 25 heavy (non-hydrogen) atoms. The van der Waals surface area contributed by atoms with Gasteiger partial charge in [-0.05, 0) is 28.8 Å². The SMILES string of the molecule is Nc1nccc(C2CN(C(=O)CCc3cccc4ccccc34)C2)n1. The van der Waals surface area contributed by atoms with Crippen molar-refractivity contribution >= 4 is 22.6 Å². The Kier molecular flexibility index (Phi) is 4.06. The molecule has 0 radical (unpaired) electrons. The van der Waals surface area contributed by atoms with Crippen LogP contribution in [-0.2, 0) is 11.2 Å².